The molecule has 0 bridgehead atoms. The Labute approximate surface area is 359 Å². The van der Waals surface area contributed by atoms with Crippen molar-refractivity contribution in [1.29, 1.82) is 0 Å². The van der Waals surface area contributed by atoms with Crippen molar-refractivity contribution in [3.8, 4) is 23.0 Å². The number of aromatic nitrogens is 1. The predicted molar refractivity (Wildman–Crippen MR) is 220 cm³/mol. The van der Waals surface area contributed by atoms with Crippen LogP contribution in [0, 0.1) is 0 Å². The summed E-state index contributed by atoms with van der Waals surface area (Å²) in [7, 11) is 0. The van der Waals surface area contributed by atoms with Crippen LogP contribution in [0.25, 0.3) is 10.2 Å². The number of hydrogen-bond acceptors (Lipinski definition) is 8. The van der Waals surface area contributed by atoms with E-state index in [1.165, 1.54) is 72.0 Å². The smallest absolute Gasteiger partial charge is 0.417 e. The largest absolute Gasteiger partial charge is 0.507 e. The van der Waals surface area contributed by atoms with E-state index < -0.39 is 35.3 Å². The molecule has 1 aromatic heterocycles. The topological polar surface area (TPSA) is 121 Å². The summed E-state index contributed by atoms with van der Waals surface area (Å²) in [6, 6.07) is 27.2. The van der Waals surface area contributed by atoms with E-state index in [1.807, 2.05) is 18.2 Å². The zero-order chi connectivity index (χ0) is 43.4. The molecule has 0 unspecified atom stereocenters. The van der Waals surface area contributed by atoms with E-state index in [0.29, 0.717) is 20.6 Å². The predicted octanol–water partition coefficient (Wildman–Crippen LogP) is 13.8. The number of ether oxygens (including phenoxy) is 1. The zero-order valence-electron chi connectivity index (χ0n) is 29.8. The molecular formula is C41H24Cl3F6N3O5S2. The summed E-state index contributed by atoms with van der Waals surface area (Å²) in [5, 5.41) is 25.2. The summed E-state index contributed by atoms with van der Waals surface area (Å²) in [6.07, 6.45) is -9.27. The average Bonchev–Trinajstić information content (AvgIpc) is 3.60. The molecule has 7 aromatic rings. The minimum Gasteiger partial charge on any atom is -0.507 e. The van der Waals surface area contributed by atoms with Gasteiger partial charge in [0, 0.05) is 25.7 Å². The van der Waals surface area contributed by atoms with E-state index in [1.54, 1.807) is 18.2 Å². The molecule has 4 N–H and O–H groups in total. The van der Waals surface area contributed by atoms with E-state index in [2.05, 4.69) is 15.6 Å². The highest BCUT2D eigenvalue weighted by atomic mass is 35.5. The number of nitrogens with zero attached hydrogens (tertiary/aromatic N) is 1. The average molecular weight is 923 g/mol. The number of aromatic hydroxyl groups is 2. The van der Waals surface area contributed by atoms with Gasteiger partial charge in [-0.25, -0.2) is 4.98 Å². The summed E-state index contributed by atoms with van der Waals surface area (Å²) in [4.78, 5) is 29.2. The number of benzene rings is 6. The highest BCUT2D eigenvalue weighted by molar-refractivity contribution is 8.01. The molecule has 0 aliphatic heterocycles. The van der Waals surface area contributed by atoms with Crippen LogP contribution in [0.1, 0.15) is 31.8 Å². The number of carbonyl (C=O) groups is 2. The quantitative estimate of drug-likeness (QED) is 0.112. The first-order valence-electron chi connectivity index (χ1n) is 16.8. The van der Waals surface area contributed by atoms with Crippen molar-refractivity contribution in [3.63, 3.8) is 0 Å². The van der Waals surface area contributed by atoms with E-state index in [4.69, 9.17) is 39.5 Å². The summed E-state index contributed by atoms with van der Waals surface area (Å²) < 4.78 is 87.5. The highest BCUT2D eigenvalue weighted by Gasteiger charge is 2.35. The number of hydrogen-bond donors (Lipinski definition) is 4. The van der Waals surface area contributed by atoms with Crippen molar-refractivity contribution >= 4 is 91.3 Å². The van der Waals surface area contributed by atoms with Crippen LogP contribution in [0.3, 0.4) is 0 Å². The highest BCUT2D eigenvalue weighted by Crippen LogP contribution is 2.43. The van der Waals surface area contributed by atoms with Gasteiger partial charge in [-0.05, 0) is 109 Å². The molecule has 308 valence electrons. The van der Waals surface area contributed by atoms with Gasteiger partial charge in [0.2, 0.25) is 0 Å². The standard InChI is InChI=1S/C21H12ClF3N2O2S2.C20H12Cl2F3NO3/c22-11-5-7-16(28)13(9-11)19(29)26-12-6-8-17(14(10-12)21(23,24)25)30-20-27-15-3-1-2-4-18(15)31-20;21-12-2-5-14(6-3-12)29-18-8-1-11(20(23,24)25)9-16(18)26-19(28)15-10-13(22)4-7-17(15)27/h1-10,28H,(H,26,29);1-10,27H,(H,26,28). The fraction of sp³-hybridized carbons (Fsp3) is 0.0488. The van der Waals surface area contributed by atoms with Crippen molar-refractivity contribution in [1.82, 2.24) is 4.98 Å². The molecule has 0 atom stereocenters. The van der Waals surface area contributed by atoms with Gasteiger partial charge in [0.25, 0.3) is 11.8 Å². The van der Waals surface area contributed by atoms with Crippen LogP contribution < -0.4 is 15.4 Å². The Balaban J connectivity index is 0.000000202. The molecule has 2 amide bonds. The molecule has 0 fully saturated rings. The van der Waals surface area contributed by atoms with Crippen molar-refractivity contribution < 1.29 is 50.9 Å². The van der Waals surface area contributed by atoms with Gasteiger partial charge in [-0.3, -0.25) is 9.59 Å². The van der Waals surface area contributed by atoms with Gasteiger partial charge in [0.15, 0.2) is 10.1 Å². The third kappa shape index (κ3) is 11.1. The van der Waals surface area contributed by atoms with E-state index in [9.17, 15) is 46.1 Å². The Morgan fingerprint density at radius 2 is 1.27 bits per heavy atom. The van der Waals surface area contributed by atoms with Crippen LogP contribution in [0.4, 0.5) is 37.7 Å². The first-order valence-corrected chi connectivity index (χ1v) is 19.6. The number of phenolic OH excluding ortho intramolecular Hbond substituents is 2. The number of rotatable bonds is 8. The second-order valence-electron chi connectivity index (χ2n) is 12.3. The van der Waals surface area contributed by atoms with Crippen LogP contribution in [-0.2, 0) is 12.4 Å². The Hall–Kier alpha value is -5.65. The fourth-order valence-electron chi connectivity index (χ4n) is 5.20. The monoisotopic (exact) mass is 921 g/mol. The SMILES string of the molecule is O=C(Nc1cc(C(F)(F)F)ccc1Oc1ccc(Cl)cc1)c1cc(Cl)ccc1O.O=C(Nc1ccc(Sc2nc3ccccc3s2)c(C(F)(F)F)c1)c1cc(Cl)ccc1O. The normalized spacial score (nSPS) is 11.4. The molecule has 0 saturated carbocycles. The molecule has 19 heteroatoms. The summed E-state index contributed by atoms with van der Waals surface area (Å²) in [6.45, 7) is 0. The third-order valence-corrected chi connectivity index (χ3v) is 10.9. The fourth-order valence-corrected chi connectivity index (χ4v) is 7.82. The number of halogens is 9. The number of thiazole rings is 1. The van der Waals surface area contributed by atoms with Gasteiger partial charge in [0.1, 0.15) is 17.2 Å². The number of carbonyl (C=O) groups excluding carboxylic acids is 2. The Morgan fingerprint density at radius 3 is 1.87 bits per heavy atom. The van der Waals surface area contributed by atoms with Crippen LogP contribution in [0.2, 0.25) is 15.1 Å². The summed E-state index contributed by atoms with van der Waals surface area (Å²) in [5.74, 6) is -2.07. The third-order valence-electron chi connectivity index (χ3n) is 8.02. The van der Waals surface area contributed by atoms with E-state index in [-0.39, 0.29) is 54.7 Å². The number of fused-ring (bicyclic) bond motifs is 1. The van der Waals surface area contributed by atoms with Crippen LogP contribution >= 0.6 is 57.9 Å². The number of para-hydroxylation sites is 1. The molecule has 6 aromatic carbocycles. The Morgan fingerprint density at radius 1 is 0.667 bits per heavy atom. The Kier molecular flexibility index (Phi) is 13.4. The number of anilines is 2. The minimum atomic E-state index is -4.64. The van der Waals surface area contributed by atoms with Gasteiger partial charge in [-0.15, -0.1) is 11.3 Å². The maximum absolute atomic E-state index is 13.7. The number of phenols is 2. The molecule has 0 spiro atoms. The second kappa shape index (κ2) is 18.3. The van der Waals surface area contributed by atoms with Gasteiger partial charge >= 0.3 is 12.4 Å². The first-order chi connectivity index (χ1) is 28.3. The van der Waals surface area contributed by atoms with Crippen LogP contribution in [-0.4, -0.2) is 27.0 Å². The molecule has 1 heterocycles. The maximum Gasteiger partial charge on any atom is 0.417 e. The Bertz CT molecular complexity index is 2680. The van der Waals surface area contributed by atoms with E-state index in [0.717, 1.165) is 40.7 Å². The van der Waals surface area contributed by atoms with Gasteiger partial charge in [0.05, 0.1) is 38.2 Å². The lowest BCUT2D eigenvalue weighted by molar-refractivity contribution is -0.140. The van der Waals surface area contributed by atoms with Crippen molar-refractivity contribution in [2.45, 2.75) is 21.6 Å². The second-order valence-corrected chi connectivity index (χ2v) is 15.9. The molecule has 0 saturated heterocycles. The number of nitrogens with one attached hydrogen (secondary N) is 2. The maximum atomic E-state index is 13.7. The molecule has 7 rings (SSSR count). The van der Waals surface area contributed by atoms with Gasteiger partial charge < -0.3 is 25.6 Å². The van der Waals surface area contributed by atoms with Crippen LogP contribution in [0.5, 0.6) is 23.0 Å². The summed E-state index contributed by atoms with van der Waals surface area (Å²) >= 11 is 19.7. The number of alkyl halides is 6. The lowest BCUT2D eigenvalue weighted by Crippen LogP contribution is -2.14. The molecular weight excluding hydrogens is 899 g/mol. The minimum absolute atomic E-state index is 0.0322. The van der Waals surface area contributed by atoms with Crippen molar-refractivity contribution in [2.24, 2.45) is 0 Å². The molecule has 0 radical (unpaired) electrons. The van der Waals surface area contributed by atoms with Gasteiger partial charge in [-0.2, -0.15) is 26.3 Å². The van der Waals surface area contributed by atoms with Crippen molar-refractivity contribution in [2.75, 3.05) is 10.6 Å². The van der Waals surface area contributed by atoms with Gasteiger partial charge in [-0.1, -0.05) is 58.7 Å². The number of amides is 2. The molecule has 0 aliphatic carbocycles. The van der Waals surface area contributed by atoms with Crippen molar-refractivity contribution in [3.05, 3.63) is 159 Å². The molecule has 8 nitrogen and oxygen atoms in total. The summed E-state index contributed by atoms with van der Waals surface area (Å²) in [5.41, 5.74) is -1.81. The first kappa shape index (κ1) is 43.9. The lowest BCUT2D eigenvalue weighted by Gasteiger charge is -2.15. The molecule has 0 aliphatic rings. The molecule has 60 heavy (non-hydrogen) atoms. The zero-order valence-corrected chi connectivity index (χ0v) is 33.7. The lowest BCUT2D eigenvalue weighted by atomic mass is 10.1. The van der Waals surface area contributed by atoms with E-state index >= 15 is 0 Å². The van der Waals surface area contributed by atoms with Crippen LogP contribution in [0.15, 0.2) is 131 Å².